The van der Waals surface area contributed by atoms with Gasteiger partial charge in [0, 0.05) is 25.2 Å². The number of fused-ring (bicyclic) bond motifs is 2. The fourth-order valence-electron chi connectivity index (χ4n) is 6.92. The predicted octanol–water partition coefficient (Wildman–Crippen LogP) is 5.78. The number of halogens is 3. The molecule has 226 valence electrons. The highest BCUT2D eigenvalue weighted by molar-refractivity contribution is 5.86. The van der Waals surface area contributed by atoms with Crippen LogP contribution in [0.5, 0.6) is 0 Å². The molecule has 2 saturated carbocycles. The van der Waals surface area contributed by atoms with Crippen LogP contribution in [0.25, 0.3) is 22.1 Å². The average Bonchev–Trinajstić information content (AvgIpc) is 3.57. The molecule has 8 nitrogen and oxygen atoms in total. The van der Waals surface area contributed by atoms with Gasteiger partial charge >= 0.3 is 6.18 Å². The first-order valence-corrected chi connectivity index (χ1v) is 14.9. The largest absolute Gasteiger partial charge is 0.401 e. The second-order valence-electron chi connectivity index (χ2n) is 13.4. The summed E-state index contributed by atoms with van der Waals surface area (Å²) in [6.07, 6.45) is 2.52. The first kappa shape index (κ1) is 28.9. The van der Waals surface area contributed by atoms with Gasteiger partial charge in [0.05, 0.1) is 35.1 Å². The molecule has 4 N–H and O–H groups in total. The van der Waals surface area contributed by atoms with Gasteiger partial charge in [0.2, 0.25) is 0 Å². The van der Waals surface area contributed by atoms with Gasteiger partial charge < -0.3 is 20.4 Å². The number of nitrogen functional groups attached to an aromatic ring is 1. The van der Waals surface area contributed by atoms with Gasteiger partial charge in [0.25, 0.3) is 0 Å². The maximum absolute atomic E-state index is 13.6. The predicted molar refractivity (Wildman–Crippen MR) is 157 cm³/mol. The minimum absolute atomic E-state index is 0.0448. The molecule has 11 heteroatoms. The highest BCUT2D eigenvalue weighted by Gasteiger charge is 2.42. The summed E-state index contributed by atoms with van der Waals surface area (Å²) >= 11 is 0. The maximum Gasteiger partial charge on any atom is 0.401 e. The standard InChI is InChI=1S/C31H40F3N7O/c1-30(2,3)20-5-6-23-24(14-20)39-27(38-23)7-4-18-10-21(11-18)40(16-31(32,33)34)15-19-12-25(26(42)13-19)41-9-8-22-28(35)36-17-37-29(22)41/h5-6,8-9,14,17-19,21,25-26,42H,4,7,10-13,15-16H2,1-3H3,(H,38,39)(H2,35,36,37)/t18?,19-,21?,25+,26+/m0/s1. The third kappa shape index (κ3) is 5.99. The van der Waals surface area contributed by atoms with Crippen LogP contribution in [0.1, 0.15) is 70.3 Å². The Morgan fingerprint density at radius 1 is 1.07 bits per heavy atom. The zero-order chi connectivity index (χ0) is 29.8. The van der Waals surface area contributed by atoms with Crippen molar-refractivity contribution in [1.29, 1.82) is 0 Å². The summed E-state index contributed by atoms with van der Waals surface area (Å²) in [6, 6.07) is 7.81. The highest BCUT2D eigenvalue weighted by atomic mass is 19.4. The van der Waals surface area contributed by atoms with Crippen molar-refractivity contribution in [2.45, 2.75) is 89.1 Å². The Hall–Kier alpha value is -3.18. The molecule has 6 rings (SSSR count). The van der Waals surface area contributed by atoms with E-state index in [2.05, 4.69) is 53.9 Å². The van der Waals surface area contributed by atoms with Gasteiger partial charge in [0.1, 0.15) is 23.6 Å². The van der Waals surface area contributed by atoms with Crippen LogP contribution >= 0.6 is 0 Å². The quantitative estimate of drug-likeness (QED) is 0.243. The molecule has 0 bridgehead atoms. The molecule has 0 saturated heterocycles. The Labute approximate surface area is 243 Å². The van der Waals surface area contributed by atoms with E-state index in [4.69, 9.17) is 10.7 Å². The van der Waals surface area contributed by atoms with E-state index in [0.29, 0.717) is 42.2 Å². The number of hydrogen-bond acceptors (Lipinski definition) is 6. The molecule has 2 fully saturated rings. The number of aromatic amines is 1. The number of benzene rings is 1. The number of imidazole rings is 1. The monoisotopic (exact) mass is 583 g/mol. The van der Waals surface area contributed by atoms with Gasteiger partial charge in [-0.1, -0.05) is 26.8 Å². The zero-order valence-electron chi connectivity index (χ0n) is 24.4. The van der Waals surface area contributed by atoms with Crippen molar-refractivity contribution in [2.75, 3.05) is 18.8 Å². The van der Waals surface area contributed by atoms with Crippen molar-refractivity contribution >= 4 is 27.9 Å². The van der Waals surface area contributed by atoms with E-state index < -0.39 is 18.8 Å². The van der Waals surface area contributed by atoms with Gasteiger partial charge in [-0.3, -0.25) is 4.90 Å². The molecule has 3 atom stereocenters. The Morgan fingerprint density at radius 3 is 2.60 bits per heavy atom. The van der Waals surface area contributed by atoms with E-state index >= 15 is 0 Å². The number of rotatable bonds is 8. The molecule has 0 spiro atoms. The Bertz CT molecular complexity index is 1550. The van der Waals surface area contributed by atoms with Crippen molar-refractivity contribution in [3.05, 3.63) is 48.2 Å². The molecule has 0 unspecified atom stereocenters. The summed E-state index contributed by atoms with van der Waals surface area (Å²) in [4.78, 5) is 18.2. The molecule has 3 heterocycles. The summed E-state index contributed by atoms with van der Waals surface area (Å²) in [5.74, 6) is 1.63. The van der Waals surface area contributed by atoms with E-state index in [1.807, 2.05) is 16.8 Å². The van der Waals surface area contributed by atoms with E-state index in [1.165, 1.54) is 11.9 Å². The number of H-pyrrole nitrogens is 1. The minimum atomic E-state index is -4.27. The van der Waals surface area contributed by atoms with Crippen LogP contribution in [0.4, 0.5) is 19.0 Å². The highest BCUT2D eigenvalue weighted by Crippen LogP contribution is 2.41. The fraction of sp³-hybridized carbons (Fsp3) is 0.581. The van der Waals surface area contributed by atoms with Crippen molar-refractivity contribution in [3.8, 4) is 0 Å². The Balaban J connectivity index is 1.06. The number of nitrogens with zero attached hydrogens (tertiary/aromatic N) is 5. The number of nitrogens with one attached hydrogen (secondary N) is 1. The van der Waals surface area contributed by atoms with Gasteiger partial charge in [-0.05, 0) is 73.1 Å². The maximum atomic E-state index is 13.6. The smallest absolute Gasteiger partial charge is 0.391 e. The topological polar surface area (TPSA) is 109 Å². The molecule has 0 aliphatic heterocycles. The molecular weight excluding hydrogens is 543 g/mol. The first-order valence-electron chi connectivity index (χ1n) is 14.9. The lowest BCUT2D eigenvalue weighted by Crippen LogP contribution is -2.50. The van der Waals surface area contributed by atoms with Crippen molar-refractivity contribution in [3.63, 3.8) is 0 Å². The SMILES string of the molecule is CC(C)(C)c1ccc2[nH]c(CCC3CC(N(C[C@@H]4C[C@@H](O)[C@H](n5ccc6c(N)ncnc65)C4)CC(F)(F)F)C3)nc2c1. The first-order chi connectivity index (χ1) is 19.8. The number of alkyl halides is 3. The van der Waals surface area contributed by atoms with Gasteiger partial charge in [-0.2, -0.15) is 13.2 Å². The molecule has 4 aromatic rings. The van der Waals surface area contributed by atoms with Crippen LogP contribution < -0.4 is 5.73 Å². The molecule has 1 aromatic carbocycles. The number of hydrogen-bond donors (Lipinski definition) is 3. The Kier molecular flexibility index (Phi) is 7.45. The van der Waals surface area contributed by atoms with Gasteiger partial charge in [-0.15, -0.1) is 0 Å². The molecule has 0 amide bonds. The third-order valence-electron chi connectivity index (χ3n) is 9.28. The molecular formula is C31H40F3N7O. The van der Waals surface area contributed by atoms with Crippen LogP contribution in [-0.2, 0) is 11.8 Å². The lowest BCUT2D eigenvalue weighted by Gasteiger charge is -2.44. The van der Waals surface area contributed by atoms with E-state index in [0.717, 1.165) is 42.5 Å². The summed E-state index contributed by atoms with van der Waals surface area (Å²) in [6.45, 7) is 5.94. The minimum Gasteiger partial charge on any atom is -0.391 e. The molecule has 42 heavy (non-hydrogen) atoms. The zero-order valence-corrected chi connectivity index (χ0v) is 24.4. The fourth-order valence-corrected chi connectivity index (χ4v) is 6.92. The second-order valence-corrected chi connectivity index (χ2v) is 13.4. The molecule has 3 aromatic heterocycles. The van der Waals surface area contributed by atoms with Crippen molar-refractivity contribution in [2.24, 2.45) is 11.8 Å². The normalized spacial score (nSPS) is 25.1. The summed E-state index contributed by atoms with van der Waals surface area (Å²) < 4.78 is 42.8. The number of aliphatic hydroxyl groups excluding tert-OH is 1. The molecule has 2 aliphatic carbocycles. The third-order valence-corrected chi connectivity index (χ3v) is 9.28. The van der Waals surface area contributed by atoms with Crippen molar-refractivity contribution < 1.29 is 18.3 Å². The number of aliphatic hydroxyl groups is 1. The number of nitrogens with two attached hydrogens (primary N) is 1. The van der Waals surface area contributed by atoms with Crippen LogP contribution in [0.3, 0.4) is 0 Å². The van der Waals surface area contributed by atoms with Crippen LogP contribution in [-0.4, -0.2) is 65.9 Å². The average molecular weight is 584 g/mol. The van der Waals surface area contributed by atoms with Crippen LogP contribution in [0, 0.1) is 11.8 Å². The van der Waals surface area contributed by atoms with Crippen LogP contribution in [0.2, 0.25) is 0 Å². The van der Waals surface area contributed by atoms with Crippen molar-refractivity contribution in [1.82, 2.24) is 29.4 Å². The molecule has 0 radical (unpaired) electrons. The lowest BCUT2D eigenvalue weighted by molar-refractivity contribution is -0.158. The summed E-state index contributed by atoms with van der Waals surface area (Å²) in [7, 11) is 0. The van der Waals surface area contributed by atoms with Crippen LogP contribution in [0.15, 0.2) is 36.8 Å². The summed E-state index contributed by atoms with van der Waals surface area (Å²) in [5.41, 5.74) is 9.87. The number of aromatic nitrogens is 5. The van der Waals surface area contributed by atoms with E-state index in [9.17, 15) is 18.3 Å². The summed E-state index contributed by atoms with van der Waals surface area (Å²) in [5, 5.41) is 11.6. The number of anilines is 1. The van der Waals surface area contributed by atoms with E-state index in [1.54, 1.807) is 4.90 Å². The Morgan fingerprint density at radius 2 is 1.86 bits per heavy atom. The molecule has 2 aliphatic rings. The lowest BCUT2D eigenvalue weighted by atomic mass is 9.76. The van der Waals surface area contributed by atoms with E-state index in [-0.39, 0.29) is 23.4 Å². The second kappa shape index (κ2) is 10.8. The number of aryl methyl sites for hydroxylation is 1. The van der Waals surface area contributed by atoms with Gasteiger partial charge in [-0.25, -0.2) is 15.0 Å². The van der Waals surface area contributed by atoms with Gasteiger partial charge in [0.15, 0.2) is 0 Å².